The summed E-state index contributed by atoms with van der Waals surface area (Å²) < 4.78 is 43.9. The van der Waals surface area contributed by atoms with Gasteiger partial charge in [-0.3, -0.25) is 33.7 Å². The number of imide groups is 1. The van der Waals surface area contributed by atoms with Crippen LogP contribution in [0.1, 0.15) is 53.2 Å². The number of nitrogens with one attached hydrogen (secondary N) is 1. The second kappa shape index (κ2) is 10.7. The summed E-state index contributed by atoms with van der Waals surface area (Å²) in [5.41, 5.74) is 2.73. The number of pyridine rings is 1. The van der Waals surface area contributed by atoms with E-state index in [-0.39, 0.29) is 65.6 Å². The third-order valence-corrected chi connectivity index (χ3v) is 11.1. The van der Waals surface area contributed by atoms with E-state index in [0.717, 1.165) is 36.9 Å². The van der Waals surface area contributed by atoms with Gasteiger partial charge in [0, 0.05) is 61.4 Å². The van der Waals surface area contributed by atoms with E-state index in [2.05, 4.69) is 10.2 Å². The van der Waals surface area contributed by atoms with E-state index in [1.165, 1.54) is 4.90 Å². The lowest BCUT2D eigenvalue weighted by Gasteiger charge is -2.47. The van der Waals surface area contributed by atoms with Gasteiger partial charge in [0.25, 0.3) is 5.91 Å². The molecule has 0 saturated carbocycles. The highest BCUT2D eigenvalue weighted by Gasteiger charge is 2.41. The maximum Gasteiger partial charge on any atom is 0.255 e. The van der Waals surface area contributed by atoms with Crippen molar-refractivity contribution < 1.29 is 32.6 Å². The third-order valence-electron chi connectivity index (χ3n) is 9.27. The topological polar surface area (TPSA) is 137 Å². The minimum Gasteiger partial charge on any atom is -0.381 e. The van der Waals surface area contributed by atoms with Crippen LogP contribution in [0.15, 0.2) is 30.5 Å². The first kappa shape index (κ1) is 28.4. The normalized spacial score (nSPS) is 23.9. The number of carbonyl (C=O) groups is 3. The second-order valence-corrected chi connectivity index (χ2v) is 14.3. The minimum atomic E-state index is -2.58. The summed E-state index contributed by atoms with van der Waals surface area (Å²) in [6.07, 6.45) is 4.33. The number of likely N-dealkylation sites (tertiary alicyclic amines) is 1. The van der Waals surface area contributed by atoms with Crippen molar-refractivity contribution in [2.45, 2.75) is 57.0 Å². The summed E-state index contributed by atoms with van der Waals surface area (Å²) in [4.78, 5) is 45.9. The summed E-state index contributed by atoms with van der Waals surface area (Å²) in [7, 11) is -0.845. The van der Waals surface area contributed by atoms with E-state index in [9.17, 15) is 23.5 Å². The molecule has 0 bridgehead atoms. The van der Waals surface area contributed by atoms with Crippen LogP contribution >= 0.6 is 10.6 Å². The molecule has 6 heterocycles. The Hall–Kier alpha value is -3.36. The van der Waals surface area contributed by atoms with Gasteiger partial charge in [0.05, 0.1) is 35.9 Å². The molecule has 7 rings (SSSR count). The van der Waals surface area contributed by atoms with Gasteiger partial charge < -0.3 is 14.2 Å². The maximum atomic E-state index is 16.3. The van der Waals surface area contributed by atoms with Crippen molar-refractivity contribution in [3.8, 4) is 11.3 Å². The van der Waals surface area contributed by atoms with Crippen LogP contribution in [0.2, 0.25) is 0 Å². The number of fused-ring (bicyclic) bond motifs is 2. The van der Waals surface area contributed by atoms with Crippen molar-refractivity contribution in [3.05, 3.63) is 53.0 Å². The van der Waals surface area contributed by atoms with Gasteiger partial charge in [-0.15, -0.1) is 0 Å². The lowest BCUT2D eigenvalue weighted by atomic mass is 10.00. The average Bonchev–Trinajstić information content (AvgIpc) is 3.54. The molecule has 3 amide bonds. The minimum absolute atomic E-state index is 0.0695. The summed E-state index contributed by atoms with van der Waals surface area (Å²) in [6, 6.07) is 6.10. The molecule has 1 atom stereocenters. The number of methoxy groups -OCH3 is 1. The lowest BCUT2D eigenvalue weighted by Crippen LogP contribution is -2.52. The number of benzene rings is 1. The maximum absolute atomic E-state index is 16.3. The smallest absolute Gasteiger partial charge is 0.255 e. The summed E-state index contributed by atoms with van der Waals surface area (Å²) in [5.74, 6) is -1.40. The zero-order valence-electron chi connectivity index (χ0n) is 23.8. The molecule has 4 aliphatic rings. The van der Waals surface area contributed by atoms with Crippen LogP contribution in [-0.4, -0.2) is 90.0 Å². The van der Waals surface area contributed by atoms with Crippen molar-refractivity contribution in [2.75, 3.05) is 31.7 Å². The number of hydrogen-bond donors (Lipinski definition) is 3. The molecule has 0 radical (unpaired) electrons. The molecule has 1 unspecified atom stereocenters. The van der Waals surface area contributed by atoms with Gasteiger partial charge in [-0.25, -0.2) is 9.37 Å². The summed E-state index contributed by atoms with van der Waals surface area (Å²) in [6.45, 7) is 2.31. The molecule has 13 heteroatoms. The van der Waals surface area contributed by atoms with Crippen LogP contribution in [0, 0.1) is 5.82 Å². The molecule has 1 aromatic carbocycles. The van der Waals surface area contributed by atoms with E-state index < -0.39 is 34.3 Å². The van der Waals surface area contributed by atoms with E-state index in [0.29, 0.717) is 17.9 Å². The summed E-state index contributed by atoms with van der Waals surface area (Å²) in [5, 5.41) is 3.21. The molecule has 0 spiro atoms. The van der Waals surface area contributed by atoms with Crippen LogP contribution in [0.4, 0.5) is 4.39 Å². The predicted molar refractivity (Wildman–Crippen MR) is 158 cm³/mol. The van der Waals surface area contributed by atoms with Gasteiger partial charge in [-0.2, -0.15) is 10.6 Å². The molecule has 11 nitrogen and oxygen atoms in total. The Morgan fingerprint density at radius 2 is 1.84 bits per heavy atom. The third kappa shape index (κ3) is 5.02. The number of rotatable bonds is 6. The first-order valence-corrected chi connectivity index (χ1v) is 16.5. The Balaban J connectivity index is 1.25. The predicted octanol–water partition coefficient (Wildman–Crippen LogP) is 3.52. The number of hydrogen-bond acceptors (Lipinski definition) is 8. The number of amides is 3. The molecular formula is C30H34FN5O6S. The number of halogens is 1. The first-order valence-electron chi connectivity index (χ1n) is 14.6. The highest BCUT2D eigenvalue weighted by molar-refractivity contribution is 8.25. The lowest BCUT2D eigenvalue weighted by molar-refractivity contribution is -0.136. The standard InChI is InChI=1S/C30H34FN5O6S/c1-42-19-6-9-34(10-7-19)13-17-12-24(32-28-20(17)8-11-35(28)18-15-43(40,41)16-18)22-3-2-21-23(27(22)31)14-36(30(21)39)25-4-5-26(37)33-29(25)38/h2-3,8,11-12,18-19,25,40-41H,4-7,9-10,13-16H2,1H3,(H,33,37,38). The highest BCUT2D eigenvalue weighted by atomic mass is 32.3. The fourth-order valence-electron chi connectivity index (χ4n) is 6.83. The van der Waals surface area contributed by atoms with Gasteiger partial charge in [0.2, 0.25) is 11.8 Å². The van der Waals surface area contributed by atoms with Crippen molar-refractivity contribution in [3.63, 3.8) is 0 Å². The number of ether oxygens (including phenoxy) is 1. The van der Waals surface area contributed by atoms with Gasteiger partial charge in [0.15, 0.2) is 0 Å². The zero-order chi connectivity index (χ0) is 30.0. The first-order chi connectivity index (χ1) is 20.6. The molecule has 3 saturated heterocycles. The Kier molecular flexibility index (Phi) is 7.05. The monoisotopic (exact) mass is 611 g/mol. The molecule has 228 valence electrons. The number of nitrogens with zero attached hydrogens (tertiary/aromatic N) is 4. The molecule has 43 heavy (non-hydrogen) atoms. The van der Waals surface area contributed by atoms with Crippen molar-refractivity contribution in [1.82, 2.24) is 24.7 Å². The van der Waals surface area contributed by atoms with Gasteiger partial charge in [0.1, 0.15) is 17.5 Å². The molecular weight excluding hydrogens is 577 g/mol. The van der Waals surface area contributed by atoms with Crippen LogP contribution in [0.3, 0.4) is 0 Å². The fraction of sp³-hybridized carbons (Fsp3) is 0.467. The summed E-state index contributed by atoms with van der Waals surface area (Å²) >= 11 is 0. The van der Waals surface area contributed by atoms with E-state index >= 15 is 4.39 Å². The quantitative estimate of drug-likeness (QED) is 0.360. The zero-order valence-corrected chi connectivity index (χ0v) is 24.6. The molecule has 3 aromatic rings. The Bertz CT molecular complexity index is 1640. The fourth-order valence-corrected chi connectivity index (χ4v) is 8.29. The van der Waals surface area contributed by atoms with Crippen LogP contribution < -0.4 is 5.32 Å². The largest absolute Gasteiger partial charge is 0.381 e. The molecule has 4 aliphatic heterocycles. The Morgan fingerprint density at radius 3 is 2.53 bits per heavy atom. The number of aromatic nitrogens is 2. The van der Waals surface area contributed by atoms with Gasteiger partial charge in [-0.1, -0.05) is 0 Å². The number of carbonyl (C=O) groups excluding carboxylic acids is 3. The Morgan fingerprint density at radius 1 is 1.09 bits per heavy atom. The SMILES string of the molecule is COC1CCN(Cc2cc(-c3ccc4c(c3F)CN(C3CCC(=O)NC3=O)C4=O)nc3c2ccn3C2CS(O)(O)C2)CC1. The van der Waals surface area contributed by atoms with E-state index in [1.807, 2.05) is 22.9 Å². The Labute approximate surface area is 249 Å². The van der Waals surface area contributed by atoms with Crippen molar-refractivity contribution >= 4 is 39.3 Å². The van der Waals surface area contributed by atoms with Gasteiger partial charge >= 0.3 is 0 Å². The van der Waals surface area contributed by atoms with Gasteiger partial charge in [-0.05, 0) is 49.1 Å². The van der Waals surface area contributed by atoms with Crippen LogP contribution in [0.25, 0.3) is 22.3 Å². The highest BCUT2D eigenvalue weighted by Crippen LogP contribution is 2.54. The molecule has 3 N–H and O–H groups in total. The second-order valence-electron chi connectivity index (χ2n) is 12.0. The van der Waals surface area contributed by atoms with E-state index in [4.69, 9.17) is 9.72 Å². The molecule has 0 aliphatic carbocycles. The van der Waals surface area contributed by atoms with E-state index in [1.54, 1.807) is 19.2 Å². The molecule has 2 aromatic heterocycles. The average molecular weight is 612 g/mol. The van der Waals surface area contributed by atoms with Crippen molar-refractivity contribution in [1.29, 1.82) is 0 Å². The number of piperidine rings is 2. The van der Waals surface area contributed by atoms with Crippen LogP contribution in [0.5, 0.6) is 0 Å². The molecule has 3 fully saturated rings. The van der Waals surface area contributed by atoms with Crippen molar-refractivity contribution in [2.24, 2.45) is 0 Å². The van der Waals surface area contributed by atoms with Crippen LogP contribution in [-0.2, 0) is 27.4 Å².